The first kappa shape index (κ1) is 19.3. The Morgan fingerprint density at radius 1 is 1.17 bits per heavy atom. The smallest absolute Gasteiger partial charge is 0.305 e. The molecular formula is C17H24ClNO4. The summed E-state index contributed by atoms with van der Waals surface area (Å²) in [6, 6.07) is 8.13. The molecule has 0 atom stereocenters. The lowest BCUT2D eigenvalue weighted by molar-refractivity contribution is -0.141. The molecule has 0 saturated heterocycles. The highest BCUT2D eigenvalue weighted by atomic mass is 35.5. The second-order valence-electron chi connectivity index (χ2n) is 5.11. The number of aryl methyl sites for hydroxylation is 1. The number of nitrogens with zero attached hydrogens (tertiary/aromatic N) is 1. The number of benzene rings is 1. The van der Waals surface area contributed by atoms with E-state index in [4.69, 9.17) is 16.3 Å². The maximum atomic E-state index is 11.1. The van der Waals surface area contributed by atoms with Crippen molar-refractivity contribution in [1.29, 1.82) is 0 Å². The van der Waals surface area contributed by atoms with Crippen molar-refractivity contribution in [3.8, 4) is 0 Å². The second kappa shape index (κ2) is 10.9. The fourth-order valence-corrected chi connectivity index (χ4v) is 2.39. The number of rotatable bonds is 10. The van der Waals surface area contributed by atoms with Crippen LogP contribution in [0.3, 0.4) is 0 Å². The normalized spacial score (nSPS) is 10.2. The van der Waals surface area contributed by atoms with Crippen molar-refractivity contribution in [1.82, 2.24) is 0 Å². The quantitative estimate of drug-likeness (QED) is 0.484. The molecule has 1 rings (SSSR count). The van der Waals surface area contributed by atoms with E-state index in [1.165, 1.54) is 19.6 Å². The lowest BCUT2D eigenvalue weighted by Crippen LogP contribution is -2.29. The van der Waals surface area contributed by atoms with Gasteiger partial charge in [-0.05, 0) is 30.5 Å². The van der Waals surface area contributed by atoms with Gasteiger partial charge in [0.1, 0.15) is 6.61 Å². The summed E-state index contributed by atoms with van der Waals surface area (Å²) in [6.45, 7) is 3.03. The Hall–Kier alpha value is -1.75. The summed E-state index contributed by atoms with van der Waals surface area (Å²) in [5.74, 6) is 0.0400. The van der Waals surface area contributed by atoms with Crippen LogP contribution < -0.4 is 4.90 Å². The SMILES string of the molecule is COC(=O)CCCc1ccc(N(CCCl)CCOC(C)=O)cc1. The van der Waals surface area contributed by atoms with Gasteiger partial charge in [-0.15, -0.1) is 11.6 Å². The van der Waals surface area contributed by atoms with E-state index in [-0.39, 0.29) is 11.9 Å². The molecule has 0 radical (unpaired) electrons. The summed E-state index contributed by atoms with van der Waals surface area (Å²) < 4.78 is 9.61. The number of ether oxygens (including phenoxy) is 2. The van der Waals surface area contributed by atoms with Crippen LogP contribution in [-0.4, -0.2) is 44.6 Å². The number of alkyl halides is 1. The molecule has 0 aliphatic heterocycles. The molecule has 0 aliphatic rings. The molecule has 23 heavy (non-hydrogen) atoms. The van der Waals surface area contributed by atoms with E-state index in [0.29, 0.717) is 32.0 Å². The average molecular weight is 342 g/mol. The number of hydrogen-bond acceptors (Lipinski definition) is 5. The van der Waals surface area contributed by atoms with Gasteiger partial charge in [-0.2, -0.15) is 0 Å². The molecule has 0 amide bonds. The Kier molecular flexibility index (Phi) is 9.14. The van der Waals surface area contributed by atoms with Crippen molar-refractivity contribution in [2.24, 2.45) is 0 Å². The summed E-state index contributed by atoms with van der Waals surface area (Å²) in [7, 11) is 1.40. The molecular weight excluding hydrogens is 318 g/mol. The van der Waals surface area contributed by atoms with Crippen LogP contribution in [-0.2, 0) is 25.5 Å². The first-order valence-corrected chi connectivity index (χ1v) is 8.20. The molecule has 0 heterocycles. The molecule has 128 valence electrons. The zero-order chi connectivity index (χ0) is 17.1. The van der Waals surface area contributed by atoms with E-state index in [1.807, 2.05) is 24.3 Å². The lowest BCUT2D eigenvalue weighted by atomic mass is 10.1. The van der Waals surface area contributed by atoms with Gasteiger partial charge in [0, 0.05) is 31.5 Å². The molecule has 1 aromatic carbocycles. The van der Waals surface area contributed by atoms with Crippen molar-refractivity contribution in [2.75, 3.05) is 37.6 Å². The van der Waals surface area contributed by atoms with Gasteiger partial charge in [0.25, 0.3) is 0 Å². The molecule has 0 aliphatic carbocycles. The highest BCUT2D eigenvalue weighted by Crippen LogP contribution is 2.16. The van der Waals surface area contributed by atoms with E-state index in [0.717, 1.165) is 18.5 Å². The van der Waals surface area contributed by atoms with Crippen molar-refractivity contribution >= 4 is 29.2 Å². The first-order chi connectivity index (χ1) is 11.1. The van der Waals surface area contributed by atoms with Crippen molar-refractivity contribution < 1.29 is 19.1 Å². The summed E-state index contributed by atoms with van der Waals surface area (Å²) in [5.41, 5.74) is 2.21. The topological polar surface area (TPSA) is 55.8 Å². The van der Waals surface area contributed by atoms with Gasteiger partial charge in [0.2, 0.25) is 0 Å². The number of carbonyl (C=O) groups is 2. The summed E-state index contributed by atoms with van der Waals surface area (Å²) in [6.07, 6.45) is 2.03. The molecule has 5 nitrogen and oxygen atoms in total. The minimum Gasteiger partial charge on any atom is -0.469 e. The molecule has 6 heteroatoms. The zero-order valence-corrected chi connectivity index (χ0v) is 14.5. The monoisotopic (exact) mass is 341 g/mol. The predicted molar refractivity (Wildman–Crippen MR) is 91.0 cm³/mol. The molecule has 0 bridgehead atoms. The summed E-state index contributed by atoms with van der Waals surface area (Å²) in [5, 5.41) is 0. The van der Waals surface area contributed by atoms with Gasteiger partial charge in [0.05, 0.1) is 13.7 Å². The maximum Gasteiger partial charge on any atom is 0.305 e. The Labute approximate surface area is 142 Å². The Morgan fingerprint density at radius 2 is 1.87 bits per heavy atom. The van der Waals surface area contributed by atoms with Crippen LogP contribution in [0.2, 0.25) is 0 Å². The van der Waals surface area contributed by atoms with Crippen LogP contribution in [0.15, 0.2) is 24.3 Å². The van der Waals surface area contributed by atoms with E-state index < -0.39 is 0 Å². The van der Waals surface area contributed by atoms with Crippen molar-refractivity contribution in [2.45, 2.75) is 26.2 Å². The predicted octanol–water partition coefficient (Wildman–Crippen LogP) is 2.79. The number of esters is 2. The molecule has 1 aromatic rings. The highest BCUT2D eigenvalue weighted by molar-refractivity contribution is 6.18. The van der Waals surface area contributed by atoms with Gasteiger partial charge in [-0.1, -0.05) is 12.1 Å². The van der Waals surface area contributed by atoms with E-state index in [2.05, 4.69) is 9.64 Å². The summed E-state index contributed by atoms with van der Waals surface area (Å²) >= 11 is 5.84. The minimum atomic E-state index is -0.281. The van der Waals surface area contributed by atoms with Crippen LogP contribution in [0.25, 0.3) is 0 Å². The fraction of sp³-hybridized carbons (Fsp3) is 0.529. The Morgan fingerprint density at radius 3 is 2.43 bits per heavy atom. The largest absolute Gasteiger partial charge is 0.469 e. The minimum absolute atomic E-state index is 0.180. The van der Waals surface area contributed by atoms with E-state index in [1.54, 1.807) is 0 Å². The zero-order valence-electron chi connectivity index (χ0n) is 13.7. The van der Waals surface area contributed by atoms with Gasteiger partial charge >= 0.3 is 11.9 Å². The maximum absolute atomic E-state index is 11.1. The third-order valence-electron chi connectivity index (χ3n) is 3.40. The summed E-state index contributed by atoms with van der Waals surface area (Å²) in [4.78, 5) is 24.0. The lowest BCUT2D eigenvalue weighted by Gasteiger charge is -2.23. The van der Waals surface area contributed by atoms with Gasteiger partial charge in [-0.3, -0.25) is 9.59 Å². The number of carbonyl (C=O) groups excluding carboxylic acids is 2. The van der Waals surface area contributed by atoms with Crippen LogP contribution in [0.5, 0.6) is 0 Å². The Bertz CT molecular complexity index is 490. The second-order valence-corrected chi connectivity index (χ2v) is 5.49. The molecule has 0 aromatic heterocycles. The highest BCUT2D eigenvalue weighted by Gasteiger charge is 2.07. The van der Waals surface area contributed by atoms with Crippen molar-refractivity contribution in [3.05, 3.63) is 29.8 Å². The third-order valence-corrected chi connectivity index (χ3v) is 3.57. The number of halogens is 1. The van der Waals surface area contributed by atoms with E-state index >= 15 is 0 Å². The van der Waals surface area contributed by atoms with Crippen LogP contribution in [0, 0.1) is 0 Å². The molecule has 0 saturated carbocycles. The van der Waals surface area contributed by atoms with Gasteiger partial charge in [-0.25, -0.2) is 0 Å². The first-order valence-electron chi connectivity index (χ1n) is 7.67. The third kappa shape index (κ3) is 7.88. The van der Waals surface area contributed by atoms with Crippen LogP contribution in [0.1, 0.15) is 25.3 Å². The molecule has 0 N–H and O–H groups in total. The fourth-order valence-electron chi connectivity index (χ4n) is 2.18. The average Bonchev–Trinajstić information content (AvgIpc) is 2.54. The number of methoxy groups -OCH3 is 1. The van der Waals surface area contributed by atoms with E-state index in [9.17, 15) is 9.59 Å². The standard InChI is InChI=1S/C17H24ClNO4/c1-14(20)23-13-12-19(11-10-18)16-8-6-15(7-9-16)4-3-5-17(21)22-2/h6-9H,3-5,10-13H2,1-2H3. The van der Waals surface area contributed by atoms with Crippen molar-refractivity contribution in [3.63, 3.8) is 0 Å². The molecule has 0 spiro atoms. The van der Waals surface area contributed by atoms with Gasteiger partial charge < -0.3 is 14.4 Å². The van der Waals surface area contributed by atoms with Crippen LogP contribution >= 0.6 is 11.6 Å². The molecule has 0 fully saturated rings. The molecule has 0 unspecified atom stereocenters. The Balaban J connectivity index is 2.53. The van der Waals surface area contributed by atoms with Gasteiger partial charge in [0.15, 0.2) is 0 Å². The number of anilines is 1. The van der Waals surface area contributed by atoms with Crippen LogP contribution in [0.4, 0.5) is 5.69 Å². The number of hydrogen-bond donors (Lipinski definition) is 0.